The van der Waals surface area contributed by atoms with Gasteiger partial charge in [0, 0.05) is 36.2 Å². The van der Waals surface area contributed by atoms with Crippen LogP contribution in [0.3, 0.4) is 0 Å². The lowest BCUT2D eigenvalue weighted by Gasteiger charge is -2.29. The Labute approximate surface area is 350 Å². The lowest BCUT2D eigenvalue weighted by Crippen LogP contribution is -2.55. The van der Waals surface area contributed by atoms with E-state index in [-0.39, 0.29) is 62.8 Å². The van der Waals surface area contributed by atoms with Gasteiger partial charge in [0.15, 0.2) is 11.9 Å². The number of phenols is 1. The Morgan fingerprint density at radius 3 is 2.21 bits per heavy atom. The monoisotopic (exact) mass is 834 g/mol. The predicted octanol–water partition coefficient (Wildman–Crippen LogP) is 0.607. The third kappa shape index (κ3) is 9.84. The smallest absolute Gasteiger partial charge is 0.272 e. The van der Waals surface area contributed by atoms with Crippen LogP contribution in [-0.2, 0) is 30.4 Å². The van der Waals surface area contributed by atoms with E-state index in [2.05, 4.69) is 31.2 Å². The molecule has 1 saturated heterocycles. The lowest BCUT2D eigenvalue weighted by atomic mass is 9.93. The Balaban J connectivity index is 1.38. The summed E-state index contributed by atoms with van der Waals surface area (Å²) in [5, 5.41) is 30.2. The molecule has 3 aromatic carbocycles. The number of fused-ring (bicyclic) bond motifs is 5. The van der Waals surface area contributed by atoms with Crippen LogP contribution in [0.5, 0.6) is 17.2 Å². The van der Waals surface area contributed by atoms with E-state index in [1.54, 1.807) is 62.4 Å². The molecule has 19 nitrogen and oxygen atoms in total. The minimum Gasteiger partial charge on any atom is -0.508 e. The van der Waals surface area contributed by atoms with E-state index in [1.165, 1.54) is 19.1 Å². The van der Waals surface area contributed by atoms with Crippen LogP contribution in [0.1, 0.15) is 45.8 Å². The highest BCUT2D eigenvalue weighted by Gasteiger charge is 2.44. The second-order valence-electron chi connectivity index (χ2n) is 14.3. The van der Waals surface area contributed by atoms with Gasteiger partial charge in [0.2, 0.25) is 11.8 Å². The number of carbonyl (C=O) groups is 5. The summed E-state index contributed by atoms with van der Waals surface area (Å²) in [5.41, 5.74) is 14.7. The van der Waals surface area contributed by atoms with Crippen LogP contribution in [0, 0.1) is 25.2 Å². The minimum absolute atomic E-state index is 0.00783. The van der Waals surface area contributed by atoms with E-state index in [0.717, 1.165) is 5.06 Å². The maximum atomic E-state index is 14.4. The van der Waals surface area contributed by atoms with E-state index >= 15 is 0 Å². The van der Waals surface area contributed by atoms with Crippen molar-refractivity contribution in [3.05, 3.63) is 88.7 Å². The number of nitrogens with zero attached hydrogens (tertiary/aromatic N) is 4. The van der Waals surface area contributed by atoms with Crippen LogP contribution in [0.15, 0.2) is 60.7 Å². The first kappa shape index (κ1) is 43.4. The Bertz CT molecular complexity index is 2350. The number of hydroxylamine groups is 2. The van der Waals surface area contributed by atoms with Gasteiger partial charge < -0.3 is 47.3 Å². The average molecular weight is 835 g/mol. The molecule has 5 amide bonds. The van der Waals surface area contributed by atoms with Crippen molar-refractivity contribution in [1.29, 1.82) is 5.26 Å². The molecule has 4 aromatic rings. The molecule has 2 aliphatic rings. The van der Waals surface area contributed by atoms with Gasteiger partial charge >= 0.3 is 0 Å². The number of amides is 5. The van der Waals surface area contributed by atoms with Gasteiger partial charge in [-0.15, -0.1) is 0 Å². The second-order valence-corrected chi connectivity index (χ2v) is 14.3. The van der Waals surface area contributed by atoms with Crippen molar-refractivity contribution in [3.63, 3.8) is 0 Å². The molecule has 9 N–H and O–H groups in total. The van der Waals surface area contributed by atoms with Crippen LogP contribution in [0.25, 0.3) is 22.5 Å². The molecule has 0 spiro atoms. The van der Waals surface area contributed by atoms with Crippen molar-refractivity contribution in [1.82, 2.24) is 36.3 Å². The quantitative estimate of drug-likeness (QED) is 0.0964. The van der Waals surface area contributed by atoms with Crippen LogP contribution in [0.2, 0.25) is 0 Å². The summed E-state index contributed by atoms with van der Waals surface area (Å²) in [4.78, 5) is 84.1. The van der Waals surface area contributed by atoms with Gasteiger partial charge in [0.05, 0.1) is 23.0 Å². The van der Waals surface area contributed by atoms with Crippen LogP contribution >= 0.6 is 0 Å². The normalized spacial score (nSPS) is 18.9. The first-order valence-corrected chi connectivity index (χ1v) is 19.4. The molecule has 4 atom stereocenters. The maximum absolute atomic E-state index is 14.4. The molecular formula is C42H46N10O9. The molecule has 0 unspecified atom stereocenters. The highest BCUT2D eigenvalue weighted by molar-refractivity contribution is 6.01. The number of carbonyl (C=O) groups excluding carboxylic acids is 5. The molecule has 6 rings (SSSR count). The van der Waals surface area contributed by atoms with Gasteiger partial charge in [-0.2, -0.15) is 5.26 Å². The number of nitrogens with one attached hydrogen (secondary N) is 4. The minimum atomic E-state index is -1.53. The zero-order valence-corrected chi connectivity index (χ0v) is 33.7. The fraction of sp³-hybridized carbons (Fsp3) is 0.333. The van der Waals surface area contributed by atoms with Crippen molar-refractivity contribution in [2.24, 2.45) is 11.5 Å². The number of hydrogen-bond donors (Lipinski definition) is 7. The summed E-state index contributed by atoms with van der Waals surface area (Å²) in [6.45, 7) is 4.64. The summed E-state index contributed by atoms with van der Waals surface area (Å²) < 4.78 is 12.1. The summed E-state index contributed by atoms with van der Waals surface area (Å²) >= 11 is 0. The fourth-order valence-corrected chi connectivity index (χ4v) is 6.94. The summed E-state index contributed by atoms with van der Waals surface area (Å²) in [6.07, 6.45) is -0.00783. The Morgan fingerprint density at radius 1 is 0.934 bits per heavy atom. The maximum Gasteiger partial charge on any atom is 0.272 e. The van der Waals surface area contributed by atoms with Crippen molar-refractivity contribution in [2.45, 2.75) is 51.4 Å². The van der Waals surface area contributed by atoms with Crippen molar-refractivity contribution < 1.29 is 43.4 Å². The van der Waals surface area contributed by atoms with Gasteiger partial charge in [-0.3, -0.25) is 28.8 Å². The summed E-state index contributed by atoms with van der Waals surface area (Å²) in [7, 11) is 0. The van der Waals surface area contributed by atoms with Crippen molar-refractivity contribution >= 4 is 29.5 Å². The van der Waals surface area contributed by atoms with E-state index in [0.29, 0.717) is 51.0 Å². The number of aryl methyl sites for hydroxylation is 2. The van der Waals surface area contributed by atoms with Gasteiger partial charge in [-0.1, -0.05) is 12.1 Å². The molecule has 3 heterocycles. The zero-order valence-electron chi connectivity index (χ0n) is 33.7. The summed E-state index contributed by atoms with van der Waals surface area (Å²) in [5.74, 6) is -2.47. The molecule has 318 valence electrons. The Hall–Kier alpha value is -7.14. The van der Waals surface area contributed by atoms with E-state index < -0.39 is 53.7 Å². The average Bonchev–Trinajstić information content (AvgIpc) is 3.58. The predicted molar refractivity (Wildman–Crippen MR) is 218 cm³/mol. The number of nitrogens with two attached hydrogens (primary N) is 2. The number of aromatic hydroxyl groups is 1. The standard InChI is InChI=1S/C42H46N10O9/c1-22-35(23(2)48-37(47-22)26-5-8-28(53)9-6-26)40(56)51-32-21-61-52(42(32)58)36-27-7-11-34(60-17-14-45)30(20-27)29-18-25(4-10-33(29)59-16-13-44)19-31(39(55)46-15-12-43)50-38(54)24(3)49-41(36)57/h4-11,18,20,24,31-32,36,53H,13-17,19,21,44-45H2,1-3H3,(H,46,55)(H,49,57)(H,50,54)(H,51,56)/t24-,31-,32+,36-/m0/s1. The number of ether oxygens (including phenoxy) is 2. The summed E-state index contributed by atoms with van der Waals surface area (Å²) in [6, 6.07) is 12.9. The highest BCUT2D eigenvalue weighted by Crippen LogP contribution is 2.40. The number of hydrogen-bond acceptors (Lipinski definition) is 14. The first-order chi connectivity index (χ1) is 29.3. The van der Waals surface area contributed by atoms with E-state index in [4.69, 9.17) is 31.0 Å². The topological polar surface area (TPSA) is 286 Å². The Morgan fingerprint density at radius 2 is 1.57 bits per heavy atom. The molecule has 4 bridgehead atoms. The fourth-order valence-electron chi connectivity index (χ4n) is 6.94. The lowest BCUT2D eigenvalue weighted by molar-refractivity contribution is -0.180. The van der Waals surface area contributed by atoms with E-state index in [9.17, 15) is 29.1 Å². The third-order valence-electron chi connectivity index (χ3n) is 9.88. The number of aromatic nitrogens is 2. The molecule has 0 saturated carbocycles. The van der Waals surface area contributed by atoms with Crippen LogP contribution < -0.4 is 42.2 Å². The number of phenolic OH excluding ortho intramolecular Hbond substituents is 1. The van der Waals surface area contributed by atoms with Gasteiger partial charge in [0.25, 0.3) is 17.7 Å². The number of benzene rings is 3. The SMILES string of the molecule is Cc1nc(-c2ccc(O)cc2)nc(C)c1C(=O)N[C@@H]1CON([C@@H]2C(=O)N[C@@H](C)C(=O)N[C@H](C(=O)NCC#N)Cc3ccc(OCCN)c(c3)-c3cc2ccc3OCCN)C1=O. The highest BCUT2D eigenvalue weighted by atomic mass is 16.7. The van der Waals surface area contributed by atoms with Gasteiger partial charge in [-0.25, -0.2) is 15.0 Å². The first-order valence-electron chi connectivity index (χ1n) is 19.4. The molecule has 19 heteroatoms. The second kappa shape index (κ2) is 19.3. The number of rotatable bonds is 12. The Kier molecular flexibility index (Phi) is 13.7. The molecule has 0 radical (unpaired) electrons. The molecule has 61 heavy (non-hydrogen) atoms. The van der Waals surface area contributed by atoms with Crippen LogP contribution in [0.4, 0.5) is 0 Å². The molecular weight excluding hydrogens is 789 g/mol. The van der Waals surface area contributed by atoms with Gasteiger partial charge in [0.1, 0.15) is 61.7 Å². The van der Waals surface area contributed by atoms with Crippen molar-refractivity contribution in [2.75, 3.05) is 39.5 Å². The third-order valence-corrected chi connectivity index (χ3v) is 9.88. The zero-order chi connectivity index (χ0) is 43.8. The van der Waals surface area contributed by atoms with Crippen LogP contribution in [-0.4, -0.2) is 107 Å². The largest absolute Gasteiger partial charge is 0.508 e. The number of nitriles is 1. The van der Waals surface area contributed by atoms with Gasteiger partial charge in [-0.05, 0) is 80.4 Å². The van der Waals surface area contributed by atoms with E-state index in [1.807, 2.05) is 6.07 Å². The molecule has 1 aromatic heterocycles. The molecule has 2 aliphatic heterocycles. The molecule has 0 aliphatic carbocycles. The van der Waals surface area contributed by atoms with Crippen molar-refractivity contribution in [3.8, 4) is 45.8 Å². The molecule has 1 fully saturated rings.